The Morgan fingerprint density at radius 3 is 2.71 bits per heavy atom. The van der Waals surface area contributed by atoms with Crippen molar-refractivity contribution in [1.82, 2.24) is 20.1 Å². The van der Waals surface area contributed by atoms with E-state index in [2.05, 4.69) is 27.6 Å². The summed E-state index contributed by atoms with van der Waals surface area (Å²) in [6, 6.07) is 10.7. The molecule has 5 rings (SSSR count). The second kappa shape index (κ2) is 10.1. The first-order valence-corrected chi connectivity index (χ1v) is 12.4. The molecule has 4 heterocycles. The quantitative estimate of drug-likeness (QED) is 0.726. The summed E-state index contributed by atoms with van der Waals surface area (Å²) in [5, 5.41) is 6.62. The summed E-state index contributed by atoms with van der Waals surface area (Å²) in [7, 11) is 2.19. The second-order valence-electron chi connectivity index (χ2n) is 9.82. The first-order valence-electron chi connectivity index (χ1n) is 12.4. The number of nitrogens with one attached hydrogen (secondary N) is 2. The van der Waals surface area contributed by atoms with E-state index >= 15 is 0 Å². The number of benzene rings is 1. The molecule has 1 atom stereocenters. The van der Waals surface area contributed by atoms with E-state index in [4.69, 9.17) is 0 Å². The van der Waals surface area contributed by atoms with Crippen molar-refractivity contribution in [2.24, 2.45) is 11.8 Å². The smallest absolute Gasteiger partial charge is 0.324 e. The van der Waals surface area contributed by atoms with Crippen molar-refractivity contribution in [1.29, 1.82) is 0 Å². The number of carbonyl (C=O) groups excluding carboxylic acids is 2. The maximum atomic E-state index is 13.9. The summed E-state index contributed by atoms with van der Waals surface area (Å²) < 4.78 is 0. The van der Waals surface area contributed by atoms with Gasteiger partial charge in [-0.1, -0.05) is 12.1 Å². The van der Waals surface area contributed by atoms with Crippen LogP contribution >= 0.6 is 0 Å². The number of rotatable bonds is 4. The molecule has 0 aliphatic carbocycles. The highest BCUT2D eigenvalue weighted by molar-refractivity contribution is 6.16. The van der Waals surface area contributed by atoms with Crippen LogP contribution < -0.4 is 15.5 Å². The molecule has 0 saturated carbocycles. The Hall–Kier alpha value is -2.97. The molecule has 2 N–H and O–H groups in total. The number of likely N-dealkylation sites (tertiary alicyclic amines) is 2. The average Bonchev–Trinajstić information content (AvgIpc) is 2.99. The molecule has 180 valence electrons. The van der Waals surface area contributed by atoms with E-state index < -0.39 is 0 Å². The molecular weight excluding hydrogens is 428 g/mol. The number of piperidine rings is 2. The van der Waals surface area contributed by atoms with E-state index in [0.29, 0.717) is 41.8 Å². The number of anilines is 3. The van der Waals surface area contributed by atoms with Crippen LogP contribution in [0.2, 0.25) is 0 Å². The molecule has 1 aromatic heterocycles. The Morgan fingerprint density at radius 2 is 1.85 bits per heavy atom. The zero-order chi connectivity index (χ0) is 23.5. The van der Waals surface area contributed by atoms with Crippen LogP contribution in [-0.4, -0.2) is 73.0 Å². The van der Waals surface area contributed by atoms with Gasteiger partial charge in [0.1, 0.15) is 0 Å². The van der Waals surface area contributed by atoms with Crippen molar-refractivity contribution >= 4 is 29.1 Å². The van der Waals surface area contributed by atoms with Gasteiger partial charge in [0, 0.05) is 19.3 Å². The maximum absolute atomic E-state index is 13.9. The molecule has 0 bridgehead atoms. The topological polar surface area (TPSA) is 80.8 Å². The largest absolute Gasteiger partial charge is 0.330 e. The van der Waals surface area contributed by atoms with Crippen LogP contribution in [-0.2, 0) is 0 Å². The van der Waals surface area contributed by atoms with Gasteiger partial charge >= 0.3 is 6.03 Å². The Kier molecular flexibility index (Phi) is 6.78. The third-order valence-electron chi connectivity index (χ3n) is 7.32. The predicted molar refractivity (Wildman–Crippen MR) is 134 cm³/mol. The van der Waals surface area contributed by atoms with Crippen LogP contribution in [0.3, 0.4) is 0 Å². The Labute approximate surface area is 201 Å². The maximum Gasteiger partial charge on any atom is 0.330 e. The first-order chi connectivity index (χ1) is 16.6. The van der Waals surface area contributed by atoms with E-state index in [9.17, 15) is 9.59 Å². The van der Waals surface area contributed by atoms with Crippen LogP contribution in [0.1, 0.15) is 36.0 Å². The fourth-order valence-corrected chi connectivity index (χ4v) is 5.33. The van der Waals surface area contributed by atoms with Crippen LogP contribution in [0.5, 0.6) is 0 Å². The number of fused-ring (bicyclic) bond motifs is 2. The minimum atomic E-state index is -0.250. The third kappa shape index (κ3) is 4.79. The van der Waals surface area contributed by atoms with Gasteiger partial charge in [0.2, 0.25) is 0 Å². The molecular formula is C26H34N6O2. The predicted octanol–water partition coefficient (Wildman–Crippen LogP) is 3.55. The van der Waals surface area contributed by atoms with Crippen LogP contribution in [0.4, 0.5) is 22.0 Å². The number of para-hydroxylation sites is 2. The molecule has 2 saturated heterocycles. The SMILES string of the molecule is CN1CCC(CNCC2CCCN(C(=O)N3c4ccccc4NC(=O)c4cccnc43)C2)CC1. The standard InChI is InChI=1S/C26H34N6O2/c1-30-14-10-19(11-15-30)16-27-17-20-6-5-13-31(18-20)26(34)32-23-9-3-2-8-22(23)29-25(33)21-7-4-12-28-24(21)32/h2-4,7-9,12,19-20,27H,5-6,10-11,13-18H2,1H3,(H,29,33). The van der Waals surface area contributed by atoms with Crippen molar-refractivity contribution in [2.75, 3.05) is 56.5 Å². The number of pyridine rings is 1. The van der Waals surface area contributed by atoms with Gasteiger partial charge in [0.25, 0.3) is 5.91 Å². The van der Waals surface area contributed by atoms with Gasteiger partial charge in [0.15, 0.2) is 5.82 Å². The van der Waals surface area contributed by atoms with Gasteiger partial charge in [-0.2, -0.15) is 0 Å². The first kappa shape index (κ1) is 22.8. The van der Waals surface area contributed by atoms with Crippen LogP contribution in [0.25, 0.3) is 0 Å². The van der Waals surface area contributed by atoms with Crippen LogP contribution in [0.15, 0.2) is 42.6 Å². The van der Waals surface area contributed by atoms with Crippen molar-refractivity contribution in [3.05, 3.63) is 48.2 Å². The lowest BCUT2D eigenvalue weighted by atomic mass is 9.95. The van der Waals surface area contributed by atoms with Gasteiger partial charge in [-0.25, -0.2) is 14.7 Å². The van der Waals surface area contributed by atoms with E-state index in [-0.39, 0.29) is 11.9 Å². The number of carbonyl (C=O) groups is 2. The summed E-state index contributed by atoms with van der Waals surface area (Å²) in [5.74, 6) is 1.31. The molecule has 3 aliphatic heterocycles. The Bertz CT molecular complexity index is 1040. The molecule has 1 unspecified atom stereocenters. The highest BCUT2D eigenvalue weighted by atomic mass is 16.2. The minimum Gasteiger partial charge on any atom is -0.324 e. The lowest BCUT2D eigenvalue weighted by molar-refractivity contribution is 0.102. The molecule has 8 heteroatoms. The fourth-order valence-electron chi connectivity index (χ4n) is 5.33. The van der Waals surface area contributed by atoms with Crippen molar-refractivity contribution < 1.29 is 9.59 Å². The van der Waals surface area contributed by atoms with E-state index in [1.165, 1.54) is 25.9 Å². The highest BCUT2D eigenvalue weighted by Crippen LogP contribution is 2.37. The minimum absolute atomic E-state index is 0.121. The van der Waals surface area contributed by atoms with Crippen molar-refractivity contribution in [3.8, 4) is 0 Å². The fraction of sp³-hybridized carbons (Fsp3) is 0.500. The van der Waals surface area contributed by atoms with Gasteiger partial charge in [-0.3, -0.25) is 4.79 Å². The number of hydrogen-bond donors (Lipinski definition) is 2. The molecule has 8 nitrogen and oxygen atoms in total. The summed E-state index contributed by atoms with van der Waals surface area (Å²) >= 11 is 0. The number of hydrogen-bond acceptors (Lipinski definition) is 5. The van der Waals surface area contributed by atoms with E-state index in [1.54, 1.807) is 23.2 Å². The van der Waals surface area contributed by atoms with Crippen molar-refractivity contribution in [2.45, 2.75) is 25.7 Å². The number of aromatic nitrogens is 1. The Balaban J connectivity index is 1.29. The molecule has 3 amide bonds. The summed E-state index contributed by atoms with van der Waals surface area (Å²) in [6.45, 7) is 5.78. The molecule has 2 aromatic rings. The zero-order valence-electron chi connectivity index (χ0n) is 19.9. The second-order valence-corrected chi connectivity index (χ2v) is 9.82. The normalized spacial score (nSPS) is 21.4. The highest BCUT2D eigenvalue weighted by Gasteiger charge is 2.34. The monoisotopic (exact) mass is 462 g/mol. The van der Waals surface area contributed by atoms with Gasteiger partial charge in [-0.05, 0) is 95.0 Å². The molecule has 34 heavy (non-hydrogen) atoms. The van der Waals surface area contributed by atoms with Crippen molar-refractivity contribution in [3.63, 3.8) is 0 Å². The lowest BCUT2D eigenvalue weighted by Crippen LogP contribution is -2.48. The molecule has 2 fully saturated rings. The Morgan fingerprint density at radius 1 is 1.06 bits per heavy atom. The number of nitrogens with zero attached hydrogens (tertiary/aromatic N) is 4. The number of amides is 3. The molecule has 3 aliphatic rings. The van der Waals surface area contributed by atoms with Gasteiger partial charge < -0.3 is 20.4 Å². The summed E-state index contributed by atoms with van der Waals surface area (Å²) in [6.07, 6.45) is 6.24. The van der Waals surface area contributed by atoms with E-state index in [1.807, 2.05) is 29.2 Å². The summed E-state index contributed by atoms with van der Waals surface area (Å²) in [4.78, 5) is 37.1. The van der Waals surface area contributed by atoms with E-state index in [0.717, 1.165) is 31.8 Å². The number of urea groups is 1. The zero-order valence-corrected chi connectivity index (χ0v) is 19.9. The lowest BCUT2D eigenvalue weighted by Gasteiger charge is -2.36. The molecule has 1 aromatic carbocycles. The van der Waals surface area contributed by atoms with Gasteiger partial charge in [0.05, 0.1) is 16.9 Å². The van der Waals surface area contributed by atoms with Gasteiger partial charge in [-0.15, -0.1) is 0 Å². The molecule has 0 spiro atoms. The molecule has 0 radical (unpaired) electrons. The average molecular weight is 463 g/mol. The van der Waals surface area contributed by atoms with Crippen LogP contribution in [0, 0.1) is 11.8 Å². The third-order valence-corrected chi connectivity index (χ3v) is 7.32. The summed E-state index contributed by atoms with van der Waals surface area (Å²) in [5.41, 5.74) is 1.67.